The van der Waals surface area contributed by atoms with Crippen molar-refractivity contribution in [2.75, 3.05) is 18.0 Å². The summed E-state index contributed by atoms with van der Waals surface area (Å²) < 4.78 is 31.2. The summed E-state index contributed by atoms with van der Waals surface area (Å²) in [4.78, 5) is 17.8. The molecule has 1 saturated carbocycles. The fourth-order valence-corrected chi connectivity index (χ4v) is 3.52. The fourth-order valence-electron chi connectivity index (χ4n) is 3.36. The Labute approximate surface area is 155 Å². The predicted molar refractivity (Wildman–Crippen MR) is 95.0 cm³/mol. The zero-order chi connectivity index (χ0) is 18.3. The molecule has 5 nitrogen and oxygen atoms in total. The molecule has 2 aromatic heterocycles. The number of halogens is 3. The van der Waals surface area contributed by atoms with Gasteiger partial charge in [-0.25, -0.2) is 8.78 Å². The Morgan fingerprint density at radius 2 is 2.08 bits per heavy atom. The van der Waals surface area contributed by atoms with Gasteiger partial charge in [0.25, 0.3) is 5.92 Å². The summed E-state index contributed by atoms with van der Waals surface area (Å²) in [6.07, 6.45) is 8.55. The van der Waals surface area contributed by atoms with Crippen molar-refractivity contribution < 1.29 is 13.6 Å². The highest BCUT2D eigenvalue weighted by atomic mass is 35.5. The minimum absolute atomic E-state index is 0.0831. The van der Waals surface area contributed by atoms with E-state index in [9.17, 15) is 13.6 Å². The van der Waals surface area contributed by atoms with Crippen LogP contribution in [0.15, 0.2) is 36.9 Å². The molecular formula is C18H19ClF2N4O. The van der Waals surface area contributed by atoms with Gasteiger partial charge in [-0.05, 0) is 31.4 Å². The van der Waals surface area contributed by atoms with Crippen molar-refractivity contribution in [3.63, 3.8) is 0 Å². The molecule has 2 fully saturated rings. The Hall–Kier alpha value is -2.15. The van der Waals surface area contributed by atoms with Crippen molar-refractivity contribution in [3.8, 4) is 5.69 Å². The number of pyridine rings is 1. The van der Waals surface area contributed by atoms with Gasteiger partial charge in [0, 0.05) is 31.2 Å². The number of hydrogen-bond acceptors (Lipinski definition) is 3. The first kappa shape index (κ1) is 17.3. The maximum Gasteiger partial charge on any atom is 0.276 e. The van der Waals surface area contributed by atoms with Gasteiger partial charge in [-0.2, -0.15) is 0 Å². The topological polar surface area (TPSA) is 50.2 Å². The van der Waals surface area contributed by atoms with E-state index in [0.717, 1.165) is 18.5 Å². The number of amides is 1. The lowest BCUT2D eigenvalue weighted by Gasteiger charge is -2.39. The van der Waals surface area contributed by atoms with E-state index in [0.29, 0.717) is 17.3 Å². The Morgan fingerprint density at radius 1 is 1.27 bits per heavy atom. The largest absolute Gasteiger partial charge is 0.362 e. The van der Waals surface area contributed by atoms with Crippen LogP contribution in [0.25, 0.3) is 5.69 Å². The maximum atomic E-state index is 14.7. The van der Waals surface area contributed by atoms with Crippen LogP contribution in [-0.2, 0) is 4.79 Å². The van der Waals surface area contributed by atoms with Gasteiger partial charge in [0.1, 0.15) is 5.92 Å². The van der Waals surface area contributed by atoms with Gasteiger partial charge < -0.3 is 14.8 Å². The number of carbonyl (C=O) groups is 1. The summed E-state index contributed by atoms with van der Waals surface area (Å²) in [6, 6.07) is 3.57. The van der Waals surface area contributed by atoms with Gasteiger partial charge in [0.05, 0.1) is 29.1 Å². The molecule has 1 unspecified atom stereocenters. The van der Waals surface area contributed by atoms with Crippen molar-refractivity contribution >= 4 is 23.2 Å². The second-order valence-electron chi connectivity index (χ2n) is 6.91. The molecule has 138 valence electrons. The first-order chi connectivity index (χ1) is 12.4. The molecule has 4 rings (SSSR count). The number of nitrogens with one attached hydrogen (secondary N) is 1. The Bertz CT molecular complexity index is 821. The fraction of sp³-hybridized carbons (Fsp3) is 0.444. The standard InChI is InChI=1S/C18H19ClF2N4O/c19-12-4-7-24(10-12)15-3-6-22-9-16(15)25-8-5-14(18(20,21)11-25)17(26)23-13-1-2-13/h3-4,6-7,9-10,13-14H,1-2,5,8,11H2,(H,23,26). The number of alkyl halides is 2. The molecule has 2 aromatic rings. The summed E-state index contributed by atoms with van der Waals surface area (Å²) >= 11 is 5.98. The van der Waals surface area contributed by atoms with Crippen molar-refractivity contribution in [2.45, 2.75) is 31.2 Å². The quantitative estimate of drug-likeness (QED) is 0.885. The van der Waals surface area contributed by atoms with Crippen molar-refractivity contribution in [2.24, 2.45) is 5.92 Å². The second-order valence-corrected chi connectivity index (χ2v) is 7.34. The third kappa shape index (κ3) is 3.40. The van der Waals surface area contributed by atoms with Gasteiger partial charge >= 0.3 is 0 Å². The highest BCUT2D eigenvalue weighted by Crippen LogP contribution is 2.37. The molecule has 8 heteroatoms. The molecule has 0 bridgehead atoms. The van der Waals surface area contributed by atoms with Crippen molar-refractivity contribution in [3.05, 3.63) is 41.9 Å². The molecule has 26 heavy (non-hydrogen) atoms. The third-order valence-corrected chi connectivity index (χ3v) is 5.12. The lowest BCUT2D eigenvalue weighted by molar-refractivity contribution is -0.141. The molecule has 3 heterocycles. The van der Waals surface area contributed by atoms with Crippen LogP contribution in [0, 0.1) is 5.92 Å². The van der Waals surface area contributed by atoms with Crippen LogP contribution in [0.2, 0.25) is 5.02 Å². The normalized spacial score (nSPS) is 22.3. The number of hydrogen-bond donors (Lipinski definition) is 1. The summed E-state index contributed by atoms with van der Waals surface area (Å²) in [7, 11) is 0. The maximum absolute atomic E-state index is 14.7. The van der Waals surface area contributed by atoms with E-state index in [2.05, 4.69) is 10.3 Å². The molecule has 1 aliphatic carbocycles. The molecule has 1 aliphatic heterocycles. The smallest absolute Gasteiger partial charge is 0.276 e. The number of rotatable bonds is 4. The van der Waals surface area contributed by atoms with E-state index in [4.69, 9.17) is 11.6 Å². The monoisotopic (exact) mass is 380 g/mol. The number of carbonyl (C=O) groups excluding carboxylic acids is 1. The minimum Gasteiger partial charge on any atom is -0.362 e. The van der Waals surface area contributed by atoms with Gasteiger partial charge in [-0.15, -0.1) is 0 Å². The molecule has 0 aromatic carbocycles. The average Bonchev–Trinajstić information content (AvgIpc) is 3.31. The zero-order valence-electron chi connectivity index (χ0n) is 14.0. The summed E-state index contributed by atoms with van der Waals surface area (Å²) in [6.45, 7) is -0.143. The van der Waals surface area contributed by atoms with Gasteiger partial charge in [0.15, 0.2) is 0 Å². The van der Waals surface area contributed by atoms with Crippen LogP contribution in [0.5, 0.6) is 0 Å². The van der Waals surface area contributed by atoms with Crippen LogP contribution < -0.4 is 10.2 Å². The molecule has 2 aliphatic rings. The minimum atomic E-state index is -3.10. The van der Waals surface area contributed by atoms with Crippen LogP contribution in [-0.4, -0.2) is 40.5 Å². The van der Waals surface area contributed by atoms with E-state index < -0.39 is 24.3 Å². The summed E-state index contributed by atoms with van der Waals surface area (Å²) in [5.74, 6) is -4.90. The Balaban J connectivity index is 1.56. The number of anilines is 1. The lowest BCUT2D eigenvalue weighted by Crippen LogP contribution is -2.54. The highest BCUT2D eigenvalue weighted by Gasteiger charge is 2.49. The first-order valence-corrected chi connectivity index (χ1v) is 9.03. The van der Waals surface area contributed by atoms with E-state index in [-0.39, 0.29) is 12.5 Å². The number of piperidine rings is 1. The summed E-state index contributed by atoms with van der Waals surface area (Å²) in [5.41, 5.74) is 1.32. The van der Waals surface area contributed by atoms with Gasteiger partial charge in [-0.3, -0.25) is 9.78 Å². The molecule has 0 radical (unpaired) electrons. The third-order valence-electron chi connectivity index (χ3n) is 4.89. The van der Waals surface area contributed by atoms with Crippen LogP contribution in [0.1, 0.15) is 19.3 Å². The number of nitrogens with zero attached hydrogens (tertiary/aromatic N) is 3. The van der Waals surface area contributed by atoms with E-state index >= 15 is 0 Å². The van der Waals surface area contributed by atoms with Crippen LogP contribution >= 0.6 is 11.6 Å². The SMILES string of the molecule is O=C(NC1CC1)C1CCN(c2cnccc2-n2ccc(Cl)c2)CC1(F)F. The molecule has 1 N–H and O–H groups in total. The number of aromatic nitrogens is 2. The highest BCUT2D eigenvalue weighted by molar-refractivity contribution is 6.30. The van der Waals surface area contributed by atoms with Gasteiger partial charge in [0.2, 0.25) is 5.91 Å². The lowest BCUT2D eigenvalue weighted by atomic mass is 9.91. The molecule has 0 spiro atoms. The van der Waals surface area contributed by atoms with Crippen LogP contribution in [0.3, 0.4) is 0 Å². The molecular weight excluding hydrogens is 362 g/mol. The predicted octanol–water partition coefficient (Wildman–Crippen LogP) is 3.27. The zero-order valence-corrected chi connectivity index (χ0v) is 14.8. The molecule has 1 amide bonds. The molecule has 1 saturated heterocycles. The van der Waals surface area contributed by atoms with E-state index in [1.54, 1.807) is 46.4 Å². The van der Waals surface area contributed by atoms with Crippen LogP contribution in [0.4, 0.5) is 14.5 Å². The first-order valence-electron chi connectivity index (χ1n) is 8.65. The average molecular weight is 381 g/mol. The Morgan fingerprint density at radius 3 is 2.73 bits per heavy atom. The second kappa shape index (κ2) is 6.54. The van der Waals surface area contributed by atoms with Crippen molar-refractivity contribution in [1.82, 2.24) is 14.9 Å². The van der Waals surface area contributed by atoms with E-state index in [1.807, 2.05) is 0 Å². The van der Waals surface area contributed by atoms with Gasteiger partial charge in [-0.1, -0.05) is 11.6 Å². The Kier molecular flexibility index (Phi) is 4.34. The van der Waals surface area contributed by atoms with E-state index in [1.165, 1.54) is 0 Å². The van der Waals surface area contributed by atoms with Crippen molar-refractivity contribution in [1.29, 1.82) is 0 Å². The molecule has 1 atom stereocenters. The summed E-state index contributed by atoms with van der Waals surface area (Å²) in [5, 5.41) is 3.27.